The molecule has 0 radical (unpaired) electrons. The van der Waals surface area contributed by atoms with E-state index >= 15 is 0 Å². The van der Waals surface area contributed by atoms with Crippen molar-refractivity contribution in [2.45, 2.75) is 18.9 Å². The Hall–Kier alpha value is -2.32. The van der Waals surface area contributed by atoms with Crippen LogP contribution in [0.2, 0.25) is 0 Å². The molecule has 1 aliphatic rings. The van der Waals surface area contributed by atoms with Crippen molar-refractivity contribution in [3.05, 3.63) is 23.8 Å². The summed E-state index contributed by atoms with van der Waals surface area (Å²) < 4.78 is 10.6. The summed E-state index contributed by atoms with van der Waals surface area (Å²) in [6.07, 6.45) is 0.364. The van der Waals surface area contributed by atoms with Crippen LogP contribution in [0, 0.1) is 0 Å². The van der Waals surface area contributed by atoms with E-state index < -0.39 is 18.3 Å². The van der Waals surface area contributed by atoms with E-state index in [1.54, 1.807) is 40.3 Å². The van der Waals surface area contributed by atoms with Gasteiger partial charge >= 0.3 is 12.2 Å². The van der Waals surface area contributed by atoms with Crippen LogP contribution in [0.3, 0.4) is 0 Å². The first-order chi connectivity index (χ1) is 12.3. The van der Waals surface area contributed by atoms with Crippen molar-refractivity contribution in [2.24, 2.45) is 0 Å². The van der Waals surface area contributed by atoms with Gasteiger partial charge in [-0.1, -0.05) is 0 Å². The zero-order chi connectivity index (χ0) is 19.3. The molecule has 26 heavy (non-hydrogen) atoms. The number of benzene rings is 1. The van der Waals surface area contributed by atoms with E-state index in [1.807, 2.05) is 0 Å². The van der Waals surface area contributed by atoms with Crippen molar-refractivity contribution in [2.75, 3.05) is 47.8 Å². The summed E-state index contributed by atoms with van der Waals surface area (Å²) in [5, 5.41) is 10.6. The van der Waals surface area contributed by atoms with Crippen LogP contribution in [0.25, 0.3) is 0 Å². The molecule has 1 unspecified atom stereocenters. The van der Waals surface area contributed by atoms with Gasteiger partial charge < -0.3 is 29.3 Å². The van der Waals surface area contributed by atoms with E-state index in [2.05, 4.69) is 4.90 Å². The number of rotatable bonds is 5. The summed E-state index contributed by atoms with van der Waals surface area (Å²) in [7, 11) is 6.28. The third-order valence-corrected chi connectivity index (χ3v) is 4.06. The van der Waals surface area contributed by atoms with Gasteiger partial charge in [0.2, 0.25) is 0 Å². The normalized spacial score (nSPS) is 15.4. The molecule has 2 amide bonds. The van der Waals surface area contributed by atoms with Gasteiger partial charge in [-0.05, 0) is 43.6 Å². The third kappa shape index (κ3) is 5.60. The Morgan fingerprint density at radius 2 is 1.46 bits per heavy atom. The fourth-order valence-electron chi connectivity index (χ4n) is 2.60. The Balaban J connectivity index is 2.23. The monoisotopic (exact) mass is 365 g/mol. The standard InChI is InChI=1S/C18H27N3O5/c1-19(2)17(23)25-14-9-13(16(22)12-21-7-5-6-8-21)10-15(11-14)26-18(24)20(3)4/h9-11,16,22H,5-8,12H2,1-4H3. The van der Waals surface area contributed by atoms with E-state index in [-0.39, 0.29) is 11.5 Å². The summed E-state index contributed by atoms with van der Waals surface area (Å²) in [5.41, 5.74) is 0.530. The van der Waals surface area contributed by atoms with Crippen LogP contribution in [0.5, 0.6) is 11.5 Å². The van der Waals surface area contributed by atoms with Gasteiger partial charge in [-0.2, -0.15) is 0 Å². The number of aliphatic hydroxyl groups is 1. The largest absolute Gasteiger partial charge is 0.414 e. The molecule has 1 saturated heterocycles. The van der Waals surface area contributed by atoms with E-state index in [0.717, 1.165) is 25.9 Å². The summed E-state index contributed by atoms with van der Waals surface area (Å²) in [4.78, 5) is 28.4. The molecule has 2 rings (SSSR count). The molecule has 0 aliphatic carbocycles. The third-order valence-electron chi connectivity index (χ3n) is 4.06. The maximum Gasteiger partial charge on any atom is 0.414 e. The van der Waals surface area contributed by atoms with Gasteiger partial charge in [0.25, 0.3) is 0 Å². The fourth-order valence-corrected chi connectivity index (χ4v) is 2.60. The minimum atomic E-state index is -0.775. The van der Waals surface area contributed by atoms with E-state index in [4.69, 9.17) is 9.47 Å². The lowest BCUT2D eigenvalue weighted by molar-refractivity contribution is 0.125. The lowest BCUT2D eigenvalue weighted by atomic mass is 10.1. The first kappa shape index (κ1) is 20.0. The second-order valence-electron chi connectivity index (χ2n) is 6.79. The Morgan fingerprint density at radius 1 is 1.00 bits per heavy atom. The molecule has 0 bridgehead atoms. The van der Waals surface area contributed by atoms with Gasteiger partial charge in [-0.15, -0.1) is 0 Å². The lowest BCUT2D eigenvalue weighted by Gasteiger charge is -2.21. The highest BCUT2D eigenvalue weighted by molar-refractivity contribution is 5.72. The second-order valence-corrected chi connectivity index (χ2v) is 6.79. The van der Waals surface area contributed by atoms with Crippen molar-refractivity contribution < 1.29 is 24.2 Å². The number of ether oxygens (including phenoxy) is 2. The molecule has 1 aromatic carbocycles. The molecule has 0 spiro atoms. The smallest absolute Gasteiger partial charge is 0.410 e. The van der Waals surface area contributed by atoms with Crippen molar-refractivity contribution in [1.29, 1.82) is 0 Å². The SMILES string of the molecule is CN(C)C(=O)Oc1cc(OC(=O)N(C)C)cc(C(O)CN2CCCC2)c1. The van der Waals surface area contributed by atoms with Gasteiger partial charge in [-0.3, -0.25) is 0 Å². The van der Waals surface area contributed by atoms with Gasteiger partial charge in [0.05, 0.1) is 6.10 Å². The molecule has 1 fully saturated rings. The van der Waals surface area contributed by atoms with E-state index in [0.29, 0.717) is 12.1 Å². The molecule has 8 heteroatoms. The topological polar surface area (TPSA) is 82.5 Å². The highest BCUT2D eigenvalue weighted by atomic mass is 16.6. The zero-order valence-electron chi connectivity index (χ0n) is 15.8. The molecule has 1 atom stereocenters. The Bertz CT molecular complexity index is 601. The highest BCUT2D eigenvalue weighted by Crippen LogP contribution is 2.28. The molecule has 1 aromatic rings. The quantitative estimate of drug-likeness (QED) is 0.859. The highest BCUT2D eigenvalue weighted by Gasteiger charge is 2.20. The van der Waals surface area contributed by atoms with Crippen LogP contribution < -0.4 is 9.47 Å². The minimum absolute atomic E-state index is 0.211. The van der Waals surface area contributed by atoms with Crippen LogP contribution in [0.15, 0.2) is 18.2 Å². The number of carbonyl (C=O) groups excluding carboxylic acids is 2. The molecule has 144 valence electrons. The lowest BCUT2D eigenvalue weighted by Crippen LogP contribution is -2.27. The summed E-state index contributed by atoms with van der Waals surface area (Å²) >= 11 is 0. The number of β-amino-alcohol motifs (C(OH)–C–C–N with tert-alkyl or cyclic N) is 1. The van der Waals surface area contributed by atoms with Crippen LogP contribution in [-0.4, -0.2) is 79.8 Å². The Morgan fingerprint density at radius 3 is 1.88 bits per heavy atom. The number of carbonyl (C=O) groups is 2. The van der Waals surface area contributed by atoms with Crippen LogP contribution in [0.4, 0.5) is 9.59 Å². The molecule has 0 saturated carbocycles. The average molecular weight is 365 g/mol. The van der Waals surface area contributed by atoms with Crippen molar-refractivity contribution in [1.82, 2.24) is 14.7 Å². The van der Waals surface area contributed by atoms with Gasteiger partial charge in [-0.25, -0.2) is 9.59 Å². The van der Waals surface area contributed by atoms with Crippen LogP contribution in [0.1, 0.15) is 24.5 Å². The Kier molecular flexibility index (Phi) is 6.82. The number of amides is 2. The number of likely N-dealkylation sites (tertiary alicyclic amines) is 1. The fraction of sp³-hybridized carbons (Fsp3) is 0.556. The predicted molar refractivity (Wildman–Crippen MR) is 96.5 cm³/mol. The molecular formula is C18H27N3O5. The minimum Gasteiger partial charge on any atom is -0.410 e. The first-order valence-electron chi connectivity index (χ1n) is 8.60. The molecule has 1 N–H and O–H groups in total. The van der Waals surface area contributed by atoms with Gasteiger partial charge in [0.1, 0.15) is 11.5 Å². The summed E-state index contributed by atoms with van der Waals surface area (Å²) in [6, 6.07) is 4.64. The predicted octanol–water partition coefficient (Wildman–Crippen LogP) is 1.94. The van der Waals surface area contributed by atoms with E-state index in [1.165, 1.54) is 15.9 Å². The Labute approximate surface area is 153 Å². The van der Waals surface area contributed by atoms with Crippen LogP contribution in [-0.2, 0) is 0 Å². The number of hydrogen-bond acceptors (Lipinski definition) is 6. The number of nitrogens with zero attached hydrogens (tertiary/aromatic N) is 3. The second kappa shape index (κ2) is 8.86. The van der Waals surface area contributed by atoms with E-state index in [9.17, 15) is 14.7 Å². The maximum absolute atomic E-state index is 11.8. The maximum atomic E-state index is 11.8. The molecule has 1 heterocycles. The molecule has 8 nitrogen and oxygen atoms in total. The van der Waals surface area contributed by atoms with Crippen molar-refractivity contribution in [3.63, 3.8) is 0 Å². The summed E-state index contributed by atoms with van der Waals surface area (Å²) in [6.45, 7) is 2.38. The van der Waals surface area contributed by atoms with Gasteiger partial charge in [0.15, 0.2) is 0 Å². The van der Waals surface area contributed by atoms with Gasteiger partial charge in [0, 0.05) is 40.8 Å². The average Bonchev–Trinajstić information content (AvgIpc) is 3.07. The summed E-state index contributed by atoms with van der Waals surface area (Å²) in [5.74, 6) is 0.423. The van der Waals surface area contributed by atoms with Crippen LogP contribution >= 0.6 is 0 Å². The van der Waals surface area contributed by atoms with Crippen molar-refractivity contribution >= 4 is 12.2 Å². The molecule has 0 aromatic heterocycles. The zero-order valence-corrected chi connectivity index (χ0v) is 15.8. The number of aliphatic hydroxyl groups excluding tert-OH is 1. The molecular weight excluding hydrogens is 338 g/mol. The molecule has 1 aliphatic heterocycles. The van der Waals surface area contributed by atoms with Crippen molar-refractivity contribution in [3.8, 4) is 11.5 Å². The first-order valence-corrected chi connectivity index (χ1v) is 8.60. The number of hydrogen-bond donors (Lipinski definition) is 1.